The van der Waals surface area contributed by atoms with E-state index in [-0.39, 0.29) is 30.8 Å². The van der Waals surface area contributed by atoms with Gasteiger partial charge in [-0.25, -0.2) is 0 Å². The summed E-state index contributed by atoms with van der Waals surface area (Å²) >= 11 is 4.55. The molecule has 0 spiro atoms. The van der Waals surface area contributed by atoms with Crippen LogP contribution in [0.1, 0.15) is 41.6 Å². The summed E-state index contributed by atoms with van der Waals surface area (Å²) in [6.45, 7) is 0.341. The number of hydrogen-bond acceptors (Lipinski definition) is 6. The fourth-order valence-electron chi connectivity index (χ4n) is 2.44. The third-order valence-electron chi connectivity index (χ3n) is 3.91. The van der Waals surface area contributed by atoms with Crippen LogP contribution in [0.5, 0.6) is 5.75 Å². The first-order valence-electron chi connectivity index (χ1n) is 8.68. The maximum absolute atomic E-state index is 12.5. The summed E-state index contributed by atoms with van der Waals surface area (Å²) < 4.78 is 5.56. The Morgan fingerprint density at radius 2 is 1.54 bits per heavy atom. The van der Waals surface area contributed by atoms with Crippen molar-refractivity contribution in [2.75, 3.05) is 6.61 Å². The molecule has 0 radical (unpaired) electrons. The van der Waals surface area contributed by atoms with E-state index in [0.717, 1.165) is 0 Å². The predicted octanol–water partition coefficient (Wildman–Crippen LogP) is 4.24. The number of nitrogens with zero attached hydrogens (tertiary/aromatic N) is 1. The molecule has 0 atom stereocenters. The van der Waals surface area contributed by atoms with Crippen molar-refractivity contribution in [2.24, 2.45) is 4.99 Å². The zero-order chi connectivity index (χ0) is 20.4. The molecule has 1 N–H and O–H groups in total. The van der Waals surface area contributed by atoms with Crippen molar-refractivity contribution in [3.63, 3.8) is 0 Å². The van der Waals surface area contributed by atoms with E-state index in [2.05, 4.69) is 22.4 Å². The molecule has 0 aromatic heterocycles. The molecule has 0 amide bonds. The van der Waals surface area contributed by atoms with Crippen molar-refractivity contribution in [3.8, 4) is 5.75 Å². The number of benzene rings is 2. The van der Waals surface area contributed by atoms with E-state index in [1.165, 1.54) is 0 Å². The second-order valence-electron chi connectivity index (χ2n) is 5.99. The zero-order valence-electron chi connectivity index (χ0n) is 15.1. The number of Topliss-reactive ketones (excluding diaryl/α,β-unsaturated/α-hetero) is 1. The second kappa shape index (κ2) is 10.9. The van der Waals surface area contributed by atoms with E-state index in [0.29, 0.717) is 35.6 Å². The lowest BCUT2D eigenvalue weighted by Gasteiger charge is -2.07. The number of isothiocyanates is 1. The zero-order valence-corrected chi connectivity index (χ0v) is 15.9. The summed E-state index contributed by atoms with van der Waals surface area (Å²) in [5, 5.41) is 10.8. The second-order valence-corrected chi connectivity index (χ2v) is 6.17. The van der Waals surface area contributed by atoms with E-state index in [1.807, 2.05) is 0 Å². The molecule has 0 heterocycles. The van der Waals surface area contributed by atoms with Crippen molar-refractivity contribution in [1.82, 2.24) is 0 Å². The Hall–Kier alpha value is -3.15. The molecule has 28 heavy (non-hydrogen) atoms. The molecule has 144 valence electrons. The smallest absolute Gasteiger partial charge is 0.303 e. The highest BCUT2D eigenvalue weighted by atomic mass is 32.1. The highest BCUT2D eigenvalue weighted by molar-refractivity contribution is 7.78. The van der Waals surface area contributed by atoms with E-state index in [9.17, 15) is 14.4 Å². The number of ketones is 2. The fourth-order valence-corrected chi connectivity index (χ4v) is 2.55. The molecule has 0 aliphatic rings. The van der Waals surface area contributed by atoms with Crippen LogP contribution in [-0.2, 0) is 9.59 Å². The van der Waals surface area contributed by atoms with Crippen molar-refractivity contribution in [1.29, 1.82) is 0 Å². The van der Waals surface area contributed by atoms with Crippen LogP contribution in [0.4, 0.5) is 5.69 Å². The number of ether oxygens (including phenoxy) is 1. The van der Waals surface area contributed by atoms with Crippen LogP contribution in [-0.4, -0.2) is 34.4 Å². The van der Waals surface area contributed by atoms with Gasteiger partial charge in [-0.05, 0) is 67.2 Å². The normalized spacial score (nSPS) is 10.0. The Morgan fingerprint density at radius 3 is 2.11 bits per heavy atom. The van der Waals surface area contributed by atoms with Crippen LogP contribution in [0.2, 0.25) is 0 Å². The van der Waals surface area contributed by atoms with Gasteiger partial charge in [-0.15, -0.1) is 0 Å². The van der Waals surface area contributed by atoms with Crippen LogP contribution in [0.15, 0.2) is 53.5 Å². The predicted molar refractivity (Wildman–Crippen MR) is 108 cm³/mol. The van der Waals surface area contributed by atoms with Gasteiger partial charge in [0.25, 0.3) is 0 Å². The summed E-state index contributed by atoms with van der Waals surface area (Å²) in [5.74, 6) is -0.582. The Balaban J connectivity index is 1.82. The summed E-state index contributed by atoms with van der Waals surface area (Å²) in [6, 6.07) is 13.5. The molecule has 0 saturated carbocycles. The Kier molecular flexibility index (Phi) is 8.21. The molecule has 2 rings (SSSR count). The molecule has 2 aromatic rings. The molecule has 7 heteroatoms. The van der Waals surface area contributed by atoms with Gasteiger partial charge in [0, 0.05) is 24.0 Å². The van der Waals surface area contributed by atoms with E-state index in [1.54, 1.807) is 48.5 Å². The van der Waals surface area contributed by atoms with Gasteiger partial charge in [0.1, 0.15) is 11.5 Å². The van der Waals surface area contributed by atoms with Gasteiger partial charge < -0.3 is 9.84 Å². The lowest BCUT2D eigenvalue weighted by Crippen LogP contribution is -2.06. The summed E-state index contributed by atoms with van der Waals surface area (Å²) in [5.41, 5.74) is 1.70. The summed E-state index contributed by atoms with van der Waals surface area (Å²) in [6.07, 6.45) is 0.700. The average molecular weight is 397 g/mol. The van der Waals surface area contributed by atoms with Gasteiger partial charge >= 0.3 is 5.97 Å². The lowest BCUT2D eigenvalue weighted by atomic mass is 10.0. The SMILES string of the molecule is O=C(O)CCC(=O)CCCOc1ccc(C(=O)c2ccc(N=C=S)cc2)cc1. The number of hydrogen-bond donors (Lipinski definition) is 1. The monoisotopic (exact) mass is 397 g/mol. The van der Waals surface area contributed by atoms with Crippen LogP contribution in [0.3, 0.4) is 0 Å². The first kappa shape index (κ1) is 21.2. The molecular weight excluding hydrogens is 378 g/mol. The average Bonchev–Trinajstić information content (AvgIpc) is 2.70. The topological polar surface area (TPSA) is 93.0 Å². The molecule has 0 aliphatic heterocycles. The third kappa shape index (κ3) is 6.87. The minimum Gasteiger partial charge on any atom is -0.494 e. The third-order valence-corrected chi connectivity index (χ3v) is 4.00. The van der Waals surface area contributed by atoms with Crippen molar-refractivity contribution >= 4 is 40.6 Å². The van der Waals surface area contributed by atoms with Crippen molar-refractivity contribution in [3.05, 3.63) is 59.7 Å². The lowest BCUT2D eigenvalue weighted by molar-refractivity contribution is -0.138. The number of thiocarbonyl (C=S) groups is 1. The van der Waals surface area contributed by atoms with Crippen LogP contribution < -0.4 is 4.74 Å². The van der Waals surface area contributed by atoms with E-state index >= 15 is 0 Å². The molecule has 6 nitrogen and oxygen atoms in total. The minimum atomic E-state index is -0.973. The molecule has 2 aromatic carbocycles. The van der Waals surface area contributed by atoms with Gasteiger partial charge in [0.15, 0.2) is 5.78 Å². The Labute approximate surface area is 167 Å². The first-order valence-corrected chi connectivity index (χ1v) is 9.09. The van der Waals surface area contributed by atoms with Gasteiger partial charge in [-0.2, -0.15) is 4.99 Å². The van der Waals surface area contributed by atoms with Crippen LogP contribution in [0.25, 0.3) is 0 Å². The van der Waals surface area contributed by atoms with Gasteiger partial charge in [-0.1, -0.05) is 0 Å². The quantitative estimate of drug-likeness (QED) is 0.264. The Morgan fingerprint density at radius 1 is 0.929 bits per heavy atom. The van der Waals surface area contributed by atoms with E-state index in [4.69, 9.17) is 9.84 Å². The number of aliphatic imine (C=N–C) groups is 1. The standard InChI is InChI=1S/C21H19NO5S/c23-18(9-12-20(24)25)2-1-13-27-19-10-5-16(6-11-19)21(26)15-3-7-17(8-4-15)22-14-28/h3-8,10-11H,1-2,9,12-13H2,(H,24,25). The molecule has 0 fully saturated rings. The minimum absolute atomic E-state index is 0.0466. The summed E-state index contributed by atoms with van der Waals surface area (Å²) in [7, 11) is 0. The Bertz CT molecular complexity index is 884. The van der Waals surface area contributed by atoms with E-state index < -0.39 is 5.97 Å². The van der Waals surface area contributed by atoms with Gasteiger partial charge in [-0.3, -0.25) is 14.4 Å². The molecule has 0 bridgehead atoms. The first-order chi connectivity index (χ1) is 13.5. The molecule has 0 unspecified atom stereocenters. The number of carboxylic acids is 1. The molecular formula is C21H19NO5S. The highest BCUT2D eigenvalue weighted by Crippen LogP contribution is 2.18. The van der Waals surface area contributed by atoms with Gasteiger partial charge in [0.2, 0.25) is 0 Å². The number of carbonyl (C=O) groups excluding carboxylic acids is 2. The number of aliphatic carboxylic acids is 1. The summed E-state index contributed by atoms with van der Waals surface area (Å²) in [4.78, 5) is 38.2. The number of rotatable bonds is 11. The largest absolute Gasteiger partial charge is 0.494 e. The van der Waals surface area contributed by atoms with Crippen LogP contribution in [0, 0.1) is 0 Å². The van der Waals surface area contributed by atoms with Crippen molar-refractivity contribution < 1.29 is 24.2 Å². The fraction of sp³-hybridized carbons (Fsp3) is 0.238. The van der Waals surface area contributed by atoms with Crippen LogP contribution >= 0.6 is 12.2 Å². The maximum Gasteiger partial charge on any atom is 0.303 e. The molecule has 0 saturated heterocycles. The van der Waals surface area contributed by atoms with Gasteiger partial charge in [0.05, 0.1) is 23.9 Å². The number of carbonyl (C=O) groups is 3. The maximum atomic E-state index is 12.5. The van der Waals surface area contributed by atoms with Crippen molar-refractivity contribution in [2.45, 2.75) is 25.7 Å². The highest BCUT2D eigenvalue weighted by Gasteiger charge is 2.09. The molecule has 0 aliphatic carbocycles. The number of carboxylic acid groups (broad SMARTS) is 1.